The zero-order valence-electron chi connectivity index (χ0n) is 20.1. The van der Waals surface area contributed by atoms with Crippen molar-refractivity contribution in [2.45, 2.75) is 34.1 Å². The molecular formula is C29H31NO4. The molecule has 3 rings (SSSR count). The monoisotopic (exact) mass is 457 g/mol. The van der Waals surface area contributed by atoms with Gasteiger partial charge in [0.1, 0.15) is 11.5 Å². The number of hydrogen-bond donors (Lipinski definition) is 1. The summed E-state index contributed by atoms with van der Waals surface area (Å²) in [5.74, 6) is 0.287. The number of hydrogen-bond acceptors (Lipinski definition) is 4. The Bertz CT molecular complexity index is 1160. The van der Waals surface area contributed by atoms with Crippen molar-refractivity contribution in [1.82, 2.24) is 0 Å². The smallest absolute Gasteiger partial charge is 0.316 e. The lowest BCUT2D eigenvalue weighted by Crippen LogP contribution is -2.25. The van der Waals surface area contributed by atoms with E-state index in [0.717, 1.165) is 28.7 Å². The fourth-order valence-electron chi connectivity index (χ4n) is 3.50. The van der Waals surface area contributed by atoms with E-state index in [0.29, 0.717) is 11.5 Å². The van der Waals surface area contributed by atoms with E-state index in [2.05, 4.69) is 19.1 Å². The summed E-state index contributed by atoms with van der Waals surface area (Å²) in [5, 5.41) is 0. The molecule has 176 valence electrons. The number of benzene rings is 3. The van der Waals surface area contributed by atoms with Gasteiger partial charge >= 0.3 is 5.97 Å². The Hall–Kier alpha value is -3.86. The predicted molar refractivity (Wildman–Crippen MR) is 135 cm³/mol. The van der Waals surface area contributed by atoms with Gasteiger partial charge in [0.25, 0.3) is 5.91 Å². The number of allylic oxidation sites excluding steroid dienone is 1. The van der Waals surface area contributed by atoms with Gasteiger partial charge in [-0.25, -0.2) is 0 Å². The van der Waals surface area contributed by atoms with Crippen LogP contribution in [-0.4, -0.2) is 18.5 Å². The maximum Gasteiger partial charge on any atom is 0.316 e. The van der Waals surface area contributed by atoms with Gasteiger partial charge in [0.2, 0.25) is 0 Å². The van der Waals surface area contributed by atoms with Gasteiger partial charge in [0.15, 0.2) is 6.61 Å². The molecule has 0 radical (unpaired) electrons. The molecule has 3 aromatic rings. The Morgan fingerprint density at radius 1 is 0.765 bits per heavy atom. The first-order valence-corrected chi connectivity index (χ1v) is 11.3. The number of primary amides is 1. The van der Waals surface area contributed by atoms with Crippen molar-refractivity contribution in [2.24, 2.45) is 11.1 Å². The summed E-state index contributed by atoms with van der Waals surface area (Å²) in [6.07, 6.45) is 0.819. The molecule has 5 heteroatoms. The van der Waals surface area contributed by atoms with Gasteiger partial charge in [-0.3, -0.25) is 9.59 Å². The van der Waals surface area contributed by atoms with Crippen molar-refractivity contribution in [3.63, 3.8) is 0 Å². The van der Waals surface area contributed by atoms with Crippen LogP contribution in [-0.2, 0) is 9.59 Å². The number of carbonyl (C=O) groups excluding carboxylic acids is 2. The van der Waals surface area contributed by atoms with E-state index in [1.165, 1.54) is 5.57 Å². The molecule has 0 saturated carbocycles. The lowest BCUT2D eigenvalue weighted by atomic mass is 9.88. The second-order valence-electron chi connectivity index (χ2n) is 9.02. The third kappa shape index (κ3) is 6.35. The number of amides is 1. The molecular weight excluding hydrogens is 426 g/mol. The Morgan fingerprint density at radius 2 is 1.29 bits per heavy atom. The molecule has 0 spiro atoms. The van der Waals surface area contributed by atoms with Gasteiger partial charge in [-0.1, -0.05) is 61.5 Å². The average molecular weight is 458 g/mol. The summed E-state index contributed by atoms with van der Waals surface area (Å²) in [5.41, 5.74) is 10.0. The van der Waals surface area contributed by atoms with E-state index in [1.54, 1.807) is 0 Å². The van der Waals surface area contributed by atoms with Crippen molar-refractivity contribution in [2.75, 3.05) is 6.61 Å². The summed E-state index contributed by atoms with van der Waals surface area (Å²) in [6.45, 7) is 7.45. The molecule has 0 saturated heterocycles. The van der Waals surface area contributed by atoms with E-state index in [4.69, 9.17) is 15.2 Å². The van der Waals surface area contributed by atoms with Gasteiger partial charge in [-0.15, -0.1) is 0 Å². The number of rotatable bonds is 8. The van der Waals surface area contributed by atoms with Crippen molar-refractivity contribution in [3.05, 3.63) is 95.6 Å². The molecule has 0 unspecified atom stereocenters. The third-order valence-electron chi connectivity index (χ3n) is 5.27. The summed E-state index contributed by atoms with van der Waals surface area (Å²) in [4.78, 5) is 23.3. The van der Waals surface area contributed by atoms with Gasteiger partial charge in [-0.05, 0) is 79.3 Å². The first-order chi connectivity index (χ1) is 16.2. The summed E-state index contributed by atoms with van der Waals surface area (Å²) in [6, 6.07) is 25.4. The molecule has 0 bridgehead atoms. The van der Waals surface area contributed by atoms with Crippen LogP contribution in [0.4, 0.5) is 0 Å². The van der Waals surface area contributed by atoms with Crippen molar-refractivity contribution in [1.29, 1.82) is 0 Å². The van der Waals surface area contributed by atoms with Crippen LogP contribution in [0.3, 0.4) is 0 Å². The second kappa shape index (κ2) is 10.8. The Balaban J connectivity index is 2.03. The van der Waals surface area contributed by atoms with Crippen LogP contribution in [0.5, 0.6) is 11.5 Å². The fraction of sp³-hybridized carbons (Fsp3) is 0.241. The maximum atomic E-state index is 12.3. The molecule has 0 fully saturated rings. The Morgan fingerprint density at radius 3 is 1.76 bits per heavy atom. The molecule has 34 heavy (non-hydrogen) atoms. The first-order valence-electron chi connectivity index (χ1n) is 11.3. The highest BCUT2D eigenvalue weighted by atomic mass is 16.5. The summed E-state index contributed by atoms with van der Waals surface area (Å²) < 4.78 is 11.0. The highest BCUT2D eigenvalue weighted by Gasteiger charge is 2.23. The van der Waals surface area contributed by atoms with E-state index in [9.17, 15) is 9.59 Å². The molecule has 0 aromatic heterocycles. The molecule has 0 atom stereocenters. The predicted octanol–water partition coefficient (Wildman–Crippen LogP) is 5.87. The normalized spacial score (nSPS) is 12.0. The van der Waals surface area contributed by atoms with Crippen LogP contribution < -0.4 is 15.2 Å². The van der Waals surface area contributed by atoms with Crippen LogP contribution in [0, 0.1) is 5.41 Å². The van der Waals surface area contributed by atoms with E-state index < -0.39 is 11.3 Å². The quantitative estimate of drug-likeness (QED) is 0.261. The minimum atomic E-state index is -0.579. The minimum absolute atomic E-state index is 0.166. The number of carbonyl (C=O) groups is 2. The van der Waals surface area contributed by atoms with Crippen molar-refractivity contribution >= 4 is 23.0 Å². The summed E-state index contributed by atoms with van der Waals surface area (Å²) in [7, 11) is 0. The lowest BCUT2D eigenvalue weighted by Gasteiger charge is -2.18. The second-order valence-corrected chi connectivity index (χ2v) is 9.02. The molecule has 0 aliphatic rings. The maximum absolute atomic E-state index is 12.3. The van der Waals surface area contributed by atoms with Crippen molar-refractivity contribution in [3.8, 4) is 11.5 Å². The average Bonchev–Trinajstić information content (AvgIpc) is 2.82. The number of ether oxygens (including phenoxy) is 2. The standard InChI is InChI=1S/C29H31NO4/c1-5-25(20-9-7-6-8-10-20)27(21-11-15-23(16-12-21)33-19-26(30)31)22-13-17-24(18-14-22)34-28(32)29(2,3)4/h6-18H,5,19H2,1-4H3,(H2,30,31)/b27-25+. The highest BCUT2D eigenvalue weighted by molar-refractivity contribution is 5.98. The van der Waals surface area contributed by atoms with Crippen LogP contribution in [0.1, 0.15) is 50.8 Å². The van der Waals surface area contributed by atoms with Gasteiger partial charge in [-0.2, -0.15) is 0 Å². The van der Waals surface area contributed by atoms with E-state index in [-0.39, 0.29) is 12.6 Å². The molecule has 0 heterocycles. The fourth-order valence-corrected chi connectivity index (χ4v) is 3.50. The SMILES string of the molecule is CC/C(=C(/c1ccc(OCC(N)=O)cc1)c1ccc(OC(=O)C(C)(C)C)cc1)c1ccccc1. The topological polar surface area (TPSA) is 78.6 Å². The zero-order valence-corrected chi connectivity index (χ0v) is 20.1. The Kier molecular flexibility index (Phi) is 7.90. The summed E-state index contributed by atoms with van der Waals surface area (Å²) >= 11 is 0. The Labute approximate surface area is 201 Å². The van der Waals surface area contributed by atoms with E-state index in [1.807, 2.05) is 87.5 Å². The molecule has 3 aromatic carbocycles. The molecule has 5 nitrogen and oxygen atoms in total. The van der Waals surface area contributed by atoms with Crippen LogP contribution in [0.25, 0.3) is 11.1 Å². The van der Waals surface area contributed by atoms with Gasteiger partial charge in [0.05, 0.1) is 5.41 Å². The van der Waals surface area contributed by atoms with Crippen LogP contribution >= 0.6 is 0 Å². The number of esters is 1. The third-order valence-corrected chi connectivity index (χ3v) is 5.27. The molecule has 1 amide bonds. The van der Waals surface area contributed by atoms with Crippen LogP contribution in [0.2, 0.25) is 0 Å². The van der Waals surface area contributed by atoms with Crippen LogP contribution in [0.15, 0.2) is 78.9 Å². The first kappa shape index (κ1) is 24.8. The van der Waals surface area contributed by atoms with E-state index >= 15 is 0 Å². The molecule has 0 aliphatic carbocycles. The zero-order chi connectivity index (χ0) is 24.7. The van der Waals surface area contributed by atoms with Gasteiger partial charge in [0, 0.05) is 0 Å². The molecule has 0 aliphatic heterocycles. The lowest BCUT2D eigenvalue weighted by molar-refractivity contribution is -0.143. The minimum Gasteiger partial charge on any atom is -0.484 e. The van der Waals surface area contributed by atoms with Gasteiger partial charge < -0.3 is 15.2 Å². The number of nitrogens with two attached hydrogens (primary N) is 1. The highest BCUT2D eigenvalue weighted by Crippen LogP contribution is 2.35. The molecule has 2 N–H and O–H groups in total. The largest absolute Gasteiger partial charge is 0.484 e. The van der Waals surface area contributed by atoms with Crippen molar-refractivity contribution < 1.29 is 19.1 Å².